The van der Waals surface area contributed by atoms with Crippen molar-refractivity contribution >= 4 is 0 Å². The average Bonchev–Trinajstić information content (AvgIpc) is 3.23. The van der Waals surface area contributed by atoms with Gasteiger partial charge in [-0.1, -0.05) is 12.2 Å². The molecule has 22 heavy (non-hydrogen) atoms. The summed E-state index contributed by atoms with van der Waals surface area (Å²) in [6.45, 7) is 1.00. The molecule has 6 aliphatic rings. The lowest BCUT2D eigenvalue weighted by atomic mass is 9.52. The third-order valence-electron chi connectivity index (χ3n) is 6.81. The molecule has 2 unspecified atom stereocenters. The van der Waals surface area contributed by atoms with Gasteiger partial charge in [-0.25, -0.2) is 0 Å². The van der Waals surface area contributed by atoms with Crippen molar-refractivity contribution in [2.75, 3.05) is 13.6 Å². The minimum atomic E-state index is -0.602. The standard InChI is InChI=1S/C17H19NO4/c1-18-5-4-17-8-2-3-10(19)16(17)22-14-11(17)7(6-9(8)18)13-15(21-13)12(14)20/h2-3,8-10,13,15-16,19-20H,4-6H2,1H3/t8-,9+,10-,13?,15?,16-,17-/m0/s1. The summed E-state index contributed by atoms with van der Waals surface area (Å²) < 4.78 is 11.9. The normalized spacial score (nSPS) is 54.1. The third kappa shape index (κ3) is 1.08. The van der Waals surface area contributed by atoms with Gasteiger partial charge in [0.2, 0.25) is 0 Å². The zero-order chi connectivity index (χ0) is 14.8. The number of piperidine rings is 1. The number of epoxide rings is 1. The maximum absolute atomic E-state index is 10.5. The number of rotatable bonds is 0. The van der Waals surface area contributed by atoms with Crippen molar-refractivity contribution in [1.82, 2.24) is 4.90 Å². The van der Waals surface area contributed by atoms with Gasteiger partial charge in [-0.05, 0) is 32.0 Å². The largest absolute Gasteiger partial charge is 0.506 e. The summed E-state index contributed by atoms with van der Waals surface area (Å²) in [5.74, 6) is 1.21. The summed E-state index contributed by atoms with van der Waals surface area (Å²) >= 11 is 0. The molecule has 3 fully saturated rings. The Morgan fingerprint density at radius 2 is 2.18 bits per heavy atom. The number of hydrogen-bond acceptors (Lipinski definition) is 5. The smallest absolute Gasteiger partial charge is 0.167 e. The molecule has 0 aromatic heterocycles. The van der Waals surface area contributed by atoms with Crippen LogP contribution < -0.4 is 0 Å². The molecule has 2 N–H and O–H groups in total. The Labute approximate surface area is 128 Å². The lowest BCUT2D eigenvalue weighted by Gasteiger charge is -2.56. The number of hydrogen-bond donors (Lipinski definition) is 2. The second-order valence-electron chi connectivity index (χ2n) is 7.57. The molecule has 2 bridgehead atoms. The van der Waals surface area contributed by atoms with E-state index in [9.17, 15) is 10.2 Å². The zero-order valence-electron chi connectivity index (χ0n) is 12.4. The van der Waals surface area contributed by atoms with E-state index in [4.69, 9.17) is 9.47 Å². The van der Waals surface area contributed by atoms with Crippen molar-refractivity contribution in [1.29, 1.82) is 0 Å². The summed E-state index contributed by atoms with van der Waals surface area (Å²) in [6, 6.07) is 0.437. The quantitative estimate of drug-likeness (QED) is 0.513. The Morgan fingerprint density at radius 1 is 1.32 bits per heavy atom. The number of allylic oxidation sites excluding steroid dienone is 1. The summed E-state index contributed by atoms with van der Waals surface area (Å²) in [4.78, 5) is 2.44. The molecule has 116 valence electrons. The van der Waals surface area contributed by atoms with E-state index in [0.29, 0.717) is 17.7 Å². The van der Waals surface area contributed by atoms with Crippen LogP contribution >= 0.6 is 0 Å². The molecule has 6 rings (SSSR count). The van der Waals surface area contributed by atoms with E-state index in [0.717, 1.165) is 19.4 Å². The number of ether oxygens (including phenoxy) is 2. The molecule has 5 heteroatoms. The van der Waals surface area contributed by atoms with Gasteiger partial charge in [0, 0.05) is 22.9 Å². The molecule has 3 heterocycles. The molecular weight excluding hydrogens is 282 g/mol. The van der Waals surface area contributed by atoms with Gasteiger partial charge in [-0.2, -0.15) is 0 Å². The van der Waals surface area contributed by atoms with Crippen LogP contribution in [0.4, 0.5) is 0 Å². The van der Waals surface area contributed by atoms with Crippen molar-refractivity contribution in [3.8, 4) is 0 Å². The number of aliphatic hydroxyl groups excluding tert-OH is 2. The molecule has 0 aromatic carbocycles. The predicted molar refractivity (Wildman–Crippen MR) is 76.9 cm³/mol. The van der Waals surface area contributed by atoms with Gasteiger partial charge in [-0.15, -0.1) is 0 Å². The van der Waals surface area contributed by atoms with Crippen LogP contribution in [-0.4, -0.2) is 59.2 Å². The molecule has 3 aliphatic heterocycles. The second-order valence-corrected chi connectivity index (χ2v) is 7.57. The highest BCUT2D eigenvalue weighted by molar-refractivity contribution is 5.57. The molecule has 7 atom stereocenters. The monoisotopic (exact) mass is 301 g/mol. The fourth-order valence-electron chi connectivity index (χ4n) is 5.80. The molecule has 1 spiro atoms. The number of nitrogens with zero attached hydrogens (tertiary/aromatic N) is 1. The van der Waals surface area contributed by atoms with E-state index in [-0.39, 0.29) is 29.5 Å². The maximum Gasteiger partial charge on any atom is 0.167 e. The Hall–Kier alpha value is -1.30. The van der Waals surface area contributed by atoms with Gasteiger partial charge in [0.05, 0.1) is 0 Å². The van der Waals surface area contributed by atoms with Crippen LogP contribution in [0.2, 0.25) is 0 Å². The van der Waals surface area contributed by atoms with Gasteiger partial charge in [0.25, 0.3) is 0 Å². The molecule has 0 radical (unpaired) electrons. The Morgan fingerprint density at radius 3 is 3.05 bits per heavy atom. The lowest BCUT2D eigenvalue weighted by Crippen LogP contribution is -2.61. The summed E-state index contributed by atoms with van der Waals surface area (Å²) in [7, 11) is 2.19. The van der Waals surface area contributed by atoms with Gasteiger partial charge in [-0.3, -0.25) is 0 Å². The van der Waals surface area contributed by atoms with Crippen LogP contribution in [0.1, 0.15) is 12.8 Å². The summed E-state index contributed by atoms with van der Waals surface area (Å²) in [6.07, 6.45) is 4.98. The summed E-state index contributed by atoms with van der Waals surface area (Å²) in [5.41, 5.74) is 2.31. The predicted octanol–water partition coefficient (Wildman–Crippen LogP) is 0.873. The van der Waals surface area contributed by atoms with Crippen LogP contribution in [0.3, 0.4) is 0 Å². The molecule has 0 aromatic rings. The molecular formula is C17H19NO4. The van der Waals surface area contributed by atoms with Crippen molar-refractivity contribution < 1.29 is 19.7 Å². The minimum Gasteiger partial charge on any atom is -0.506 e. The van der Waals surface area contributed by atoms with Crippen LogP contribution in [0.5, 0.6) is 0 Å². The average molecular weight is 301 g/mol. The highest BCUT2D eigenvalue weighted by Gasteiger charge is 2.69. The highest BCUT2D eigenvalue weighted by Crippen LogP contribution is 2.67. The van der Waals surface area contributed by atoms with E-state index in [1.54, 1.807) is 0 Å². The first-order chi connectivity index (χ1) is 10.6. The zero-order valence-corrected chi connectivity index (χ0v) is 12.4. The number of aliphatic hydroxyl groups is 2. The minimum absolute atomic E-state index is 0.0379. The number of likely N-dealkylation sites (tertiary alicyclic amines) is 1. The van der Waals surface area contributed by atoms with Crippen LogP contribution in [0, 0.1) is 11.3 Å². The van der Waals surface area contributed by atoms with Crippen molar-refractivity contribution in [2.24, 2.45) is 11.3 Å². The lowest BCUT2D eigenvalue weighted by molar-refractivity contribution is -0.0805. The van der Waals surface area contributed by atoms with E-state index in [1.807, 2.05) is 6.08 Å². The van der Waals surface area contributed by atoms with Gasteiger partial charge < -0.3 is 24.6 Å². The van der Waals surface area contributed by atoms with Crippen LogP contribution in [0.15, 0.2) is 34.8 Å². The Bertz CT molecular complexity index is 695. The fraction of sp³-hybridized carbons (Fsp3) is 0.647. The SMILES string of the molecule is CN1CC[C@@]23C4=C5C[C@@H]1[C@@H]2C=C[C@H](O)[C@@H]3OC4=C(O)C1OC51. The first-order valence-electron chi connectivity index (χ1n) is 8.18. The molecule has 3 saturated heterocycles. The maximum atomic E-state index is 10.5. The first-order valence-corrected chi connectivity index (χ1v) is 8.18. The van der Waals surface area contributed by atoms with Crippen LogP contribution in [0.25, 0.3) is 0 Å². The fourth-order valence-corrected chi connectivity index (χ4v) is 5.80. The first kappa shape index (κ1) is 12.2. The Balaban J connectivity index is 1.67. The Kier molecular flexibility index (Phi) is 1.91. The second kappa shape index (κ2) is 3.45. The van der Waals surface area contributed by atoms with E-state index in [1.165, 1.54) is 11.1 Å². The van der Waals surface area contributed by atoms with E-state index < -0.39 is 6.10 Å². The van der Waals surface area contributed by atoms with Crippen molar-refractivity contribution in [3.63, 3.8) is 0 Å². The van der Waals surface area contributed by atoms with Gasteiger partial charge in [0.15, 0.2) is 11.5 Å². The van der Waals surface area contributed by atoms with E-state index in [2.05, 4.69) is 18.0 Å². The highest BCUT2D eigenvalue weighted by atomic mass is 16.6. The number of fused-ring (bicyclic) bond motifs is 2. The van der Waals surface area contributed by atoms with Crippen molar-refractivity contribution in [3.05, 3.63) is 34.8 Å². The molecule has 3 aliphatic carbocycles. The van der Waals surface area contributed by atoms with Gasteiger partial charge in [0.1, 0.15) is 24.4 Å². The topological polar surface area (TPSA) is 65.5 Å². The summed E-state index contributed by atoms with van der Waals surface area (Å²) in [5, 5.41) is 21.0. The van der Waals surface area contributed by atoms with Gasteiger partial charge >= 0.3 is 0 Å². The van der Waals surface area contributed by atoms with E-state index >= 15 is 0 Å². The molecule has 5 nitrogen and oxygen atoms in total. The van der Waals surface area contributed by atoms with Crippen LogP contribution in [-0.2, 0) is 9.47 Å². The third-order valence-corrected chi connectivity index (χ3v) is 6.81. The van der Waals surface area contributed by atoms with Crippen molar-refractivity contribution in [2.45, 2.75) is 43.3 Å². The molecule has 0 amide bonds. The molecule has 0 saturated carbocycles.